The molecule has 1 atom stereocenters. The number of rotatable bonds is 1. The summed E-state index contributed by atoms with van der Waals surface area (Å²) in [5.74, 6) is 0. The highest BCUT2D eigenvalue weighted by Crippen LogP contribution is 2.39. The first-order valence-electron chi connectivity index (χ1n) is 6.23. The molecule has 1 aliphatic carbocycles. The van der Waals surface area contributed by atoms with Gasteiger partial charge in [0, 0.05) is 17.0 Å². The number of aryl methyl sites for hydroxylation is 1. The zero-order valence-electron chi connectivity index (χ0n) is 10.1. The van der Waals surface area contributed by atoms with Gasteiger partial charge in [0.1, 0.15) is 0 Å². The molecule has 1 N–H and O–H groups in total. The van der Waals surface area contributed by atoms with Crippen LogP contribution in [-0.4, -0.2) is 5.11 Å². The Bertz CT molecular complexity index is 579. The number of aliphatic hydroxyl groups is 1. The van der Waals surface area contributed by atoms with Crippen LogP contribution in [0, 0.1) is 0 Å². The van der Waals surface area contributed by atoms with Gasteiger partial charge in [-0.2, -0.15) is 0 Å². The molecule has 92 valence electrons. The van der Waals surface area contributed by atoms with Crippen LogP contribution in [-0.2, 0) is 18.4 Å². The lowest BCUT2D eigenvalue weighted by molar-refractivity contribution is 0.0224. The van der Waals surface area contributed by atoms with Gasteiger partial charge >= 0.3 is 0 Å². The predicted octanol–water partition coefficient (Wildman–Crippen LogP) is 3.72. The van der Waals surface area contributed by atoms with Crippen molar-refractivity contribution in [1.82, 2.24) is 0 Å². The molecule has 1 nitrogen and oxygen atoms in total. The molecule has 0 radical (unpaired) electrons. The van der Waals surface area contributed by atoms with E-state index in [4.69, 9.17) is 11.6 Å². The van der Waals surface area contributed by atoms with Crippen LogP contribution >= 0.6 is 11.6 Å². The van der Waals surface area contributed by atoms with E-state index in [1.807, 2.05) is 30.3 Å². The molecule has 0 aromatic heterocycles. The first-order chi connectivity index (χ1) is 8.69. The fraction of sp³-hybridized carbons (Fsp3) is 0.250. The van der Waals surface area contributed by atoms with Gasteiger partial charge in [-0.15, -0.1) is 0 Å². The molecule has 1 aliphatic rings. The van der Waals surface area contributed by atoms with Crippen LogP contribution < -0.4 is 0 Å². The summed E-state index contributed by atoms with van der Waals surface area (Å²) in [7, 11) is 0. The van der Waals surface area contributed by atoms with E-state index >= 15 is 0 Å². The lowest BCUT2D eigenvalue weighted by Crippen LogP contribution is -2.33. The van der Waals surface area contributed by atoms with Crippen molar-refractivity contribution >= 4 is 11.6 Å². The van der Waals surface area contributed by atoms with Gasteiger partial charge in [-0.05, 0) is 30.0 Å². The molecule has 0 saturated carbocycles. The van der Waals surface area contributed by atoms with Crippen LogP contribution in [0.15, 0.2) is 48.5 Å². The summed E-state index contributed by atoms with van der Waals surface area (Å²) in [4.78, 5) is 0. The molecule has 0 fully saturated rings. The summed E-state index contributed by atoms with van der Waals surface area (Å²) >= 11 is 6.21. The van der Waals surface area contributed by atoms with Crippen LogP contribution in [0.25, 0.3) is 0 Å². The fourth-order valence-corrected chi connectivity index (χ4v) is 3.10. The summed E-state index contributed by atoms with van der Waals surface area (Å²) in [5.41, 5.74) is 2.59. The van der Waals surface area contributed by atoms with Crippen molar-refractivity contribution in [2.24, 2.45) is 0 Å². The van der Waals surface area contributed by atoms with Gasteiger partial charge in [-0.25, -0.2) is 0 Å². The smallest absolute Gasteiger partial charge is 0.0954 e. The van der Waals surface area contributed by atoms with Crippen LogP contribution in [0.4, 0.5) is 0 Å². The Balaban J connectivity index is 2.02. The number of hydrogen-bond donors (Lipinski definition) is 1. The summed E-state index contributed by atoms with van der Waals surface area (Å²) in [6.45, 7) is 0. The van der Waals surface area contributed by atoms with Crippen LogP contribution in [0.5, 0.6) is 0 Å². The summed E-state index contributed by atoms with van der Waals surface area (Å²) in [6, 6.07) is 15.9. The van der Waals surface area contributed by atoms with Crippen molar-refractivity contribution in [2.45, 2.75) is 24.9 Å². The molecular weight excluding hydrogens is 244 g/mol. The van der Waals surface area contributed by atoms with E-state index in [2.05, 4.69) is 18.2 Å². The number of halogens is 1. The van der Waals surface area contributed by atoms with E-state index in [1.54, 1.807) is 0 Å². The monoisotopic (exact) mass is 258 g/mol. The Kier molecular flexibility index (Phi) is 2.89. The van der Waals surface area contributed by atoms with Crippen molar-refractivity contribution in [3.63, 3.8) is 0 Å². The van der Waals surface area contributed by atoms with E-state index in [1.165, 1.54) is 11.1 Å². The molecule has 2 aromatic carbocycles. The van der Waals surface area contributed by atoms with Gasteiger partial charge in [-0.3, -0.25) is 0 Å². The van der Waals surface area contributed by atoms with E-state index < -0.39 is 5.60 Å². The van der Waals surface area contributed by atoms with Crippen LogP contribution in [0.3, 0.4) is 0 Å². The maximum absolute atomic E-state index is 10.9. The van der Waals surface area contributed by atoms with Crippen LogP contribution in [0.1, 0.15) is 23.1 Å². The molecule has 0 bridgehead atoms. The standard InChI is InChI=1S/C16H15ClO/c17-15-8-4-3-7-14(15)16(18)10-9-12-5-1-2-6-13(12)11-16/h1-8,18H,9-11H2. The highest BCUT2D eigenvalue weighted by molar-refractivity contribution is 6.31. The SMILES string of the molecule is OC1(c2ccccc2Cl)CCc2ccccc2C1. The average molecular weight is 259 g/mol. The van der Waals surface area contributed by atoms with Crippen molar-refractivity contribution in [3.8, 4) is 0 Å². The first-order valence-corrected chi connectivity index (χ1v) is 6.61. The molecule has 2 aromatic rings. The Morgan fingerprint density at radius 2 is 1.61 bits per heavy atom. The molecule has 18 heavy (non-hydrogen) atoms. The fourth-order valence-electron chi connectivity index (χ4n) is 2.79. The lowest BCUT2D eigenvalue weighted by Gasteiger charge is -2.34. The zero-order valence-corrected chi connectivity index (χ0v) is 10.8. The van der Waals surface area contributed by atoms with E-state index in [9.17, 15) is 5.11 Å². The minimum Gasteiger partial charge on any atom is -0.385 e. The molecule has 0 spiro atoms. The Labute approximate surface area is 112 Å². The molecule has 0 saturated heterocycles. The van der Waals surface area contributed by atoms with Crippen molar-refractivity contribution in [1.29, 1.82) is 0 Å². The molecule has 0 heterocycles. The summed E-state index contributed by atoms with van der Waals surface area (Å²) in [5, 5.41) is 11.5. The highest BCUT2D eigenvalue weighted by Gasteiger charge is 2.34. The molecule has 1 unspecified atom stereocenters. The third-order valence-electron chi connectivity index (χ3n) is 3.78. The maximum Gasteiger partial charge on any atom is 0.0954 e. The Morgan fingerprint density at radius 3 is 2.39 bits per heavy atom. The molecule has 0 amide bonds. The van der Waals surface area contributed by atoms with Gasteiger partial charge in [0.2, 0.25) is 0 Å². The first kappa shape index (κ1) is 11.8. The van der Waals surface area contributed by atoms with E-state index in [-0.39, 0.29) is 0 Å². The van der Waals surface area contributed by atoms with Gasteiger partial charge < -0.3 is 5.11 Å². The largest absolute Gasteiger partial charge is 0.385 e. The highest BCUT2D eigenvalue weighted by atomic mass is 35.5. The minimum atomic E-state index is -0.827. The van der Waals surface area contributed by atoms with Gasteiger partial charge in [-0.1, -0.05) is 54.1 Å². The third-order valence-corrected chi connectivity index (χ3v) is 4.11. The quantitative estimate of drug-likeness (QED) is 0.827. The Morgan fingerprint density at radius 1 is 0.944 bits per heavy atom. The zero-order chi connectivity index (χ0) is 12.6. The number of hydrogen-bond acceptors (Lipinski definition) is 1. The van der Waals surface area contributed by atoms with Crippen molar-refractivity contribution in [3.05, 3.63) is 70.2 Å². The molecule has 3 rings (SSSR count). The van der Waals surface area contributed by atoms with E-state index in [0.717, 1.165) is 18.4 Å². The average Bonchev–Trinajstić information content (AvgIpc) is 2.39. The third kappa shape index (κ3) is 1.94. The van der Waals surface area contributed by atoms with Gasteiger partial charge in [0.05, 0.1) is 5.60 Å². The van der Waals surface area contributed by atoms with Crippen molar-refractivity contribution < 1.29 is 5.11 Å². The summed E-state index contributed by atoms with van der Waals surface area (Å²) < 4.78 is 0. The number of fused-ring (bicyclic) bond motifs is 1. The van der Waals surface area contributed by atoms with Gasteiger partial charge in [0.25, 0.3) is 0 Å². The van der Waals surface area contributed by atoms with E-state index in [0.29, 0.717) is 11.4 Å². The topological polar surface area (TPSA) is 20.2 Å². The van der Waals surface area contributed by atoms with Gasteiger partial charge in [0.15, 0.2) is 0 Å². The maximum atomic E-state index is 10.9. The Hall–Kier alpha value is -1.31. The second-order valence-corrected chi connectivity index (χ2v) is 5.36. The normalized spacial score (nSPS) is 22.6. The van der Waals surface area contributed by atoms with Crippen molar-refractivity contribution in [2.75, 3.05) is 0 Å². The predicted molar refractivity (Wildman–Crippen MR) is 73.8 cm³/mol. The lowest BCUT2D eigenvalue weighted by atomic mass is 9.76. The number of benzene rings is 2. The molecular formula is C16H15ClO. The minimum absolute atomic E-state index is 0.646. The molecule has 0 aliphatic heterocycles. The second-order valence-electron chi connectivity index (χ2n) is 4.96. The molecule has 2 heteroatoms. The second kappa shape index (κ2) is 4.42. The van der Waals surface area contributed by atoms with Crippen LogP contribution in [0.2, 0.25) is 5.02 Å². The summed E-state index contributed by atoms with van der Waals surface area (Å²) in [6.07, 6.45) is 2.28.